The molecule has 2 fully saturated rings. The van der Waals surface area contributed by atoms with Gasteiger partial charge in [-0.1, -0.05) is 0 Å². The minimum absolute atomic E-state index is 0.0242. The number of ketones is 1. The molecule has 1 aromatic carbocycles. The summed E-state index contributed by atoms with van der Waals surface area (Å²) in [5, 5.41) is 0.967. The minimum Gasteiger partial charge on any atom is -0.493 e. The number of carbonyl (C=O) groups excluding carboxylic acids is 1. The number of rotatable bonds is 6. The summed E-state index contributed by atoms with van der Waals surface area (Å²) in [6.07, 6.45) is 4.05. The molecular formula is C21H28N2O3S. The van der Waals surface area contributed by atoms with E-state index < -0.39 is 0 Å². The molecular weight excluding hydrogens is 360 g/mol. The van der Waals surface area contributed by atoms with Crippen LogP contribution >= 0.6 is 11.8 Å². The molecule has 0 aliphatic carbocycles. The maximum Gasteiger partial charge on any atom is 0.175 e. The zero-order valence-electron chi connectivity index (χ0n) is 16.2. The number of ether oxygens (including phenoxy) is 2. The number of likely N-dealkylation sites (tertiary alicyclic amines) is 1. The van der Waals surface area contributed by atoms with E-state index in [2.05, 4.69) is 21.6 Å². The van der Waals surface area contributed by atoms with Gasteiger partial charge in [-0.05, 0) is 61.4 Å². The van der Waals surface area contributed by atoms with E-state index in [1.54, 1.807) is 14.0 Å². The van der Waals surface area contributed by atoms with Crippen molar-refractivity contribution in [2.24, 2.45) is 5.41 Å². The van der Waals surface area contributed by atoms with Crippen molar-refractivity contribution < 1.29 is 14.3 Å². The summed E-state index contributed by atoms with van der Waals surface area (Å²) in [5.74, 6) is 4.15. The molecule has 0 bridgehead atoms. The van der Waals surface area contributed by atoms with Crippen molar-refractivity contribution in [1.82, 2.24) is 9.88 Å². The Balaban J connectivity index is 1.36. The third kappa shape index (κ3) is 3.97. The van der Waals surface area contributed by atoms with Gasteiger partial charge in [0.25, 0.3) is 0 Å². The van der Waals surface area contributed by atoms with Crippen LogP contribution in [0, 0.1) is 5.41 Å². The third-order valence-electron chi connectivity index (χ3n) is 6.05. The van der Waals surface area contributed by atoms with E-state index in [0.717, 1.165) is 23.2 Å². The number of hydrogen-bond acceptors (Lipinski definition) is 5. The number of fused-ring (bicyclic) bond motifs is 1. The fourth-order valence-corrected chi connectivity index (χ4v) is 5.77. The van der Waals surface area contributed by atoms with Crippen LogP contribution in [0.25, 0.3) is 10.9 Å². The molecule has 6 heteroatoms. The van der Waals surface area contributed by atoms with E-state index in [1.807, 2.05) is 18.2 Å². The van der Waals surface area contributed by atoms with E-state index in [-0.39, 0.29) is 5.78 Å². The largest absolute Gasteiger partial charge is 0.493 e. The molecule has 27 heavy (non-hydrogen) atoms. The Labute approximate surface area is 164 Å². The number of aromatic nitrogens is 1. The van der Waals surface area contributed by atoms with Crippen molar-refractivity contribution in [3.63, 3.8) is 0 Å². The summed E-state index contributed by atoms with van der Waals surface area (Å²) in [7, 11) is 1.65. The SMILES string of the molecule is COc1cc2[nH]c(C(C)=O)cc2cc1OCCN1CCC2(CCSC2)CC1. The Morgan fingerprint density at radius 2 is 2.04 bits per heavy atom. The van der Waals surface area contributed by atoms with E-state index in [4.69, 9.17) is 9.47 Å². The fraction of sp³-hybridized carbons (Fsp3) is 0.571. The summed E-state index contributed by atoms with van der Waals surface area (Å²) < 4.78 is 11.5. The van der Waals surface area contributed by atoms with Gasteiger partial charge in [0.1, 0.15) is 6.61 Å². The maximum atomic E-state index is 11.6. The first-order chi connectivity index (χ1) is 13.1. The van der Waals surface area contributed by atoms with Gasteiger partial charge in [0, 0.05) is 30.4 Å². The van der Waals surface area contributed by atoms with Crippen LogP contribution in [0.1, 0.15) is 36.7 Å². The summed E-state index contributed by atoms with van der Waals surface area (Å²) in [4.78, 5) is 17.2. The van der Waals surface area contributed by atoms with Crippen molar-refractivity contribution >= 4 is 28.4 Å². The van der Waals surface area contributed by atoms with Gasteiger partial charge in [-0.2, -0.15) is 11.8 Å². The average Bonchev–Trinajstić information content (AvgIpc) is 3.29. The molecule has 4 rings (SSSR count). The molecule has 1 aromatic heterocycles. The molecule has 0 radical (unpaired) electrons. The number of nitrogens with zero attached hydrogens (tertiary/aromatic N) is 1. The predicted molar refractivity (Wildman–Crippen MR) is 110 cm³/mol. The molecule has 3 heterocycles. The van der Waals surface area contributed by atoms with Gasteiger partial charge < -0.3 is 14.5 Å². The summed E-state index contributed by atoms with van der Waals surface area (Å²) in [6.45, 7) is 5.51. The fourth-order valence-electron chi connectivity index (χ4n) is 4.18. The second-order valence-corrected chi connectivity index (χ2v) is 8.93. The molecule has 5 nitrogen and oxygen atoms in total. The lowest BCUT2D eigenvalue weighted by molar-refractivity contribution is 0.101. The number of aromatic amines is 1. The first-order valence-corrected chi connectivity index (χ1v) is 10.9. The molecule has 0 saturated carbocycles. The number of hydrogen-bond donors (Lipinski definition) is 1. The minimum atomic E-state index is 0.0242. The topological polar surface area (TPSA) is 54.6 Å². The van der Waals surface area contributed by atoms with Crippen molar-refractivity contribution in [2.45, 2.75) is 26.2 Å². The highest BCUT2D eigenvalue weighted by Crippen LogP contribution is 2.44. The van der Waals surface area contributed by atoms with Gasteiger partial charge >= 0.3 is 0 Å². The van der Waals surface area contributed by atoms with Crippen LogP contribution < -0.4 is 9.47 Å². The number of carbonyl (C=O) groups is 1. The molecule has 1 N–H and O–H groups in total. The number of Topliss-reactive ketones (excluding diaryl/α,β-unsaturated/α-hetero) is 1. The van der Waals surface area contributed by atoms with Gasteiger partial charge in [0.15, 0.2) is 17.3 Å². The zero-order valence-corrected chi connectivity index (χ0v) is 17.0. The highest BCUT2D eigenvalue weighted by atomic mass is 32.2. The molecule has 2 aliphatic heterocycles. The molecule has 0 atom stereocenters. The lowest BCUT2D eigenvalue weighted by Crippen LogP contribution is -2.41. The van der Waals surface area contributed by atoms with Crippen molar-refractivity contribution in [3.8, 4) is 11.5 Å². The van der Waals surface area contributed by atoms with E-state index >= 15 is 0 Å². The number of thioether (sulfide) groups is 1. The lowest BCUT2D eigenvalue weighted by atomic mass is 9.78. The van der Waals surface area contributed by atoms with Gasteiger partial charge in [0.05, 0.1) is 12.8 Å². The van der Waals surface area contributed by atoms with Crippen LogP contribution in [-0.2, 0) is 0 Å². The van der Waals surface area contributed by atoms with E-state index in [0.29, 0.717) is 23.5 Å². The first-order valence-electron chi connectivity index (χ1n) is 9.73. The second-order valence-electron chi connectivity index (χ2n) is 7.82. The molecule has 0 amide bonds. The molecule has 2 aliphatic rings. The monoisotopic (exact) mass is 388 g/mol. The average molecular weight is 389 g/mol. The van der Waals surface area contributed by atoms with Crippen LogP contribution in [-0.4, -0.2) is 60.5 Å². The van der Waals surface area contributed by atoms with Gasteiger partial charge in [-0.15, -0.1) is 0 Å². The third-order valence-corrected chi connectivity index (χ3v) is 7.36. The molecule has 2 aromatic rings. The van der Waals surface area contributed by atoms with Gasteiger partial charge in [-0.3, -0.25) is 9.69 Å². The number of piperidine rings is 1. The lowest BCUT2D eigenvalue weighted by Gasteiger charge is -2.38. The van der Waals surface area contributed by atoms with E-state index in [9.17, 15) is 4.79 Å². The Morgan fingerprint density at radius 1 is 1.22 bits per heavy atom. The Hall–Kier alpha value is -1.66. The zero-order chi connectivity index (χ0) is 18.9. The van der Waals surface area contributed by atoms with Gasteiger partial charge in [-0.25, -0.2) is 0 Å². The first kappa shape index (κ1) is 18.7. The standard InChI is InChI=1S/C21H28N2O3S/c1-15(24)17-11-16-12-20(19(25-2)13-18(16)22-17)26-9-8-23-6-3-21(4-7-23)5-10-27-14-21/h11-13,22H,3-10,14H2,1-2H3. The normalized spacial score (nSPS) is 19.6. The second kappa shape index (κ2) is 7.76. The Kier molecular flexibility index (Phi) is 5.37. The van der Waals surface area contributed by atoms with Gasteiger partial charge in [0.2, 0.25) is 0 Å². The summed E-state index contributed by atoms with van der Waals surface area (Å²) >= 11 is 2.12. The number of methoxy groups -OCH3 is 1. The van der Waals surface area contributed by atoms with Crippen molar-refractivity contribution in [2.75, 3.05) is 44.9 Å². The Bertz CT molecular complexity index is 816. The number of nitrogens with one attached hydrogen (secondary N) is 1. The van der Waals surface area contributed by atoms with Crippen molar-refractivity contribution in [1.29, 1.82) is 0 Å². The van der Waals surface area contributed by atoms with Crippen molar-refractivity contribution in [3.05, 3.63) is 23.9 Å². The molecule has 146 valence electrons. The van der Waals surface area contributed by atoms with Crippen LogP contribution in [0.3, 0.4) is 0 Å². The maximum absolute atomic E-state index is 11.6. The van der Waals surface area contributed by atoms with Crippen LogP contribution in [0.4, 0.5) is 0 Å². The van der Waals surface area contributed by atoms with Crippen LogP contribution in [0.2, 0.25) is 0 Å². The smallest absolute Gasteiger partial charge is 0.175 e. The highest BCUT2D eigenvalue weighted by molar-refractivity contribution is 7.99. The van der Waals surface area contributed by atoms with Crippen LogP contribution in [0.15, 0.2) is 18.2 Å². The number of H-pyrrole nitrogens is 1. The summed E-state index contributed by atoms with van der Waals surface area (Å²) in [5.41, 5.74) is 2.12. The number of benzene rings is 1. The molecule has 1 spiro atoms. The summed E-state index contributed by atoms with van der Waals surface area (Å²) in [6, 6.07) is 5.73. The van der Waals surface area contributed by atoms with Crippen LogP contribution in [0.5, 0.6) is 11.5 Å². The van der Waals surface area contributed by atoms with E-state index in [1.165, 1.54) is 43.9 Å². The Morgan fingerprint density at radius 3 is 2.70 bits per heavy atom. The predicted octanol–water partition coefficient (Wildman–Crippen LogP) is 3.98. The quantitative estimate of drug-likeness (QED) is 0.759. The highest BCUT2D eigenvalue weighted by Gasteiger charge is 2.37. The molecule has 2 saturated heterocycles. The molecule has 0 unspecified atom stereocenters.